The quantitative estimate of drug-likeness (QED) is 0.0549. The molecular weight excluding hydrogens is 979 g/mol. The highest BCUT2D eigenvalue weighted by Crippen LogP contribution is 2.28. The Morgan fingerprint density at radius 1 is 0.696 bits per heavy atom. The molecule has 6 aromatic heterocycles. The molecule has 0 aliphatic rings. The fourth-order valence-electron chi connectivity index (χ4n) is 7.03. The average molecular weight is 1020 g/mol. The Balaban J connectivity index is 0.858. The fraction of sp³-hybridized carbons (Fsp3) is 0.156. The highest BCUT2D eigenvalue weighted by atomic mass is 32.2. The van der Waals surface area contributed by atoms with Crippen LogP contribution in [0.1, 0.15) is 11.1 Å². The summed E-state index contributed by atoms with van der Waals surface area (Å²) in [7, 11) is -3.47. The molecule has 69 heavy (non-hydrogen) atoms. The van der Waals surface area contributed by atoms with Crippen molar-refractivity contribution in [3.8, 4) is 16.9 Å². The van der Waals surface area contributed by atoms with Crippen LogP contribution in [0.15, 0.2) is 141 Å². The van der Waals surface area contributed by atoms with Gasteiger partial charge in [0.25, 0.3) is 11.1 Å². The molecule has 24 heteroatoms. The summed E-state index contributed by atoms with van der Waals surface area (Å²) in [5.74, 6) is -0.809. The third-order valence-corrected chi connectivity index (χ3v) is 14.2. The van der Waals surface area contributed by atoms with Crippen molar-refractivity contribution in [3.05, 3.63) is 152 Å². The molecule has 0 aliphatic heterocycles. The zero-order chi connectivity index (χ0) is 47.9. The van der Waals surface area contributed by atoms with Crippen molar-refractivity contribution in [1.29, 1.82) is 0 Å². The van der Waals surface area contributed by atoms with Crippen LogP contribution in [-0.4, -0.2) is 82.0 Å². The first-order chi connectivity index (χ1) is 33.4. The maximum atomic E-state index is 13.9. The van der Waals surface area contributed by atoms with E-state index < -0.39 is 15.6 Å². The Morgan fingerprint density at radius 3 is 1.97 bits per heavy atom. The molecule has 0 aliphatic carbocycles. The van der Waals surface area contributed by atoms with Crippen LogP contribution in [0.5, 0.6) is 0 Å². The number of thioether (sulfide) groups is 2. The Labute approximate surface area is 409 Å². The lowest BCUT2D eigenvalue weighted by molar-refractivity contribution is -0.575. The first-order valence-corrected chi connectivity index (χ1v) is 26.5. The largest absolute Gasteiger partial charge is 0.346 e. The number of aryl methyl sites for hydroxylation is 2. The predicted octanol–water partition coefficient (Wildman–Crippen LogP) is 5.47. The van der Waals surface area contributed by atoms with Gasteiger partial charge >= 0.3 is 11.0 Å². The average Bonchev–Trinajstić information content (AvgIpc) is 4.02. The van der Waals surface area contributed by atoms with Gasteiger partial charge in [-0.15, -0.1) is 11.3 Å². The third-order valence-electron chi connectivity index (χ3n) is 10.1. The highest BCUT2D eigenvalue weighted by Gasteiger charge is 2.22. The standard InChI is InChI=1S/C45H37N13O6S5/c1-69(63,64)55-31-11-6-10-30(24-31)33-25-66-42(50-33)51-34(59)26-67-45-54-39-37(47-16-18-49-39)41(62)58(45)20-14-29-9-5-12-32(23-29)56-21-22-65-43(56)52-35(60)27-68-44-53-38-36(46-15-17-48-38)40(61)57(44)19-13-28-7-3-2-4-8-28/h2-12,15-18,21-25,55H,13-14,19-20,26-27H2,1H3,(H,50,51,59)/p+1. The molecule has 19 nitrogen and oxygen atoms in total. The minimum absolute atomic E-state index is 0.0300. The molecule has 0 bridgehead atoms. The van der Waals surface area contributed by atoms with Crippen LogP contribution in [0.2, 0.25) is 0 Å². The summed E-state index contributed by atoms with van der Waals surface area (Å²) in [4.78, 5) is 84.8. The molecule has 9 aromatic rings. The number of carbonyl (C=O) groups is 2. The predicted molar refractivity (Wildman–Crippen MR) is 268 cm³/mol. The van der Waals surface area contributed by atoms with E-state index in [4.69, 9.17) is 0 Å². The highest BCUT2D eigenvalue weighted by molar-refractivity contribution is 8.00. The molecule has 348 valence electrons. The van der Waals surface area contributed by atoms with Crippen LogP contribution in [0.4, 0.5) is 16.0 Å². The molecule has 6 heterocycles. The summed E-state index contributed by atoms with van der Waals surface area (Å²) in [5.41, 5.74) is 4.20. The van der Waals surface area contributed by atoms with E-state index >= 15 is 0 Å². The van der Waals surface area contributed by atoms with Crippen molar-refractivity contribution >= 4 is 106 Å². The molecule has 0 atom stereocenters. The van der Waals surface area contributed by atoms with Gasteiger partial charge in [-0.25, -0.2) is 48.1 Å². The van der Waals surface area contributed by atoms with Crippen LogP contribution >= 0.6 is 46.2 Å². The number of nitrogens with zero attached hydrogens (tertiary/aromatic N) is 10. The molecule has 0 radical (unpaired) electrons. The van der Waals surface area contributed by atoms with E-state index in [1.807, 2.05) is 70.7 Å². The van der Waals surface area contributed by atoms with E-state index in [9.17, 15) is 27.6 Å². The van der Waals surface area contributed by atoms with Gasteiger partial charge in [-0.05, 0) is 48.2 Å². The number of nitrogens with one attached hydrogen (secondary N) is 3. The van der Waals surface area contributed by atoms with Crippen molar-refractivity contribution in [3.63, 3.8) is 0 Å². The van der Waals surface area contributed by atoms with Crippen molar-refractivity contribution in [2.75, 3.05) is 33.1 Å². The molecule has 0 fully saturated rings. The zero-order valence-corrected chi connectivity index (χ0v) is 40.3. The Bertz CT molecular complexity index is 3600. The first kappa shape index (κ1) is 46.8. The van der Waals surface area contributed by atoms with E-state index in [1.54, 1.807) is 34.2 Å². The summed E-state index contributed by atoms with van der Waals surface area (Å²) in [6, 6.07) is 24.3. The SMILES string of the molecule is CS(=O)(=O)Nc1cccc(-c2csc(NC(=O)CSc3nc4nccnc4c(=O)n3CCc3cccc(-[n+]4ccsc4NC(=O)CSc4nc5nccnc5c(=O)n4CCc4ccccc4)c3)n2)c1. The Morgan fingerprint density at radius 2 is 1.30 bits per heavy atom. The molecule has 2 amide bonds. The normalized spacial score (nSPS) is 11.5. The van der Waals surface area contributed by atoms with Crippen LogP contribution in [-0.2, 0) is 45.5 Å². The lowest BCUT2D eigenvalue weighted by Crippen LogP contribution is -2.33. The van der Waals surface area contributed by atoms with Gasteiger partial charge in [-0.2, -0.15) is 9.88 Å². The van der Waals surface area contributed by atoms with Crippen LogP contribution in [0.25, 0.3) is 39.3 Å². The first-order valence-electron chi connectivity index (χ1n) is 20.9. The number of hydrogen-bond donors (Lipinski definition) is 3. The molecule has 3 N–H and O–H groups in total. The summed E-state index contributed by atoms with van der Waals surface area (Å²) in [5, 5.41) is 11.0. The number of rotatable bonds is 18. The van der Waals surface area contributed by atoms with Crippen molar-refractivity contribution < 1.29 is 22.6 Å². The van der Waals surface area contributed by atoms with Crippen LogP contribution < -0.4 is 31.0 Å². The van der Waals surface area contributed by atoms with Gasteiger partial charge < -0.3 is 5.32 Å². The van der Waals surface area contributed by atoms with Gasteiger partial charge in [0.15, 0.2) is 37.8 Å². The summed E-state index contributed by atoms with van der Waals surface area (Å²) in [6.07, 6.45) is 9.70. The second-order valence-corrected chi connectivity index (χ2v) is 20.4. The number of amides is 2. The van der Waals surface area contributed by atoms with Gasteiger partial charge in [-0.1, -0.05) is 89.5 Å². The number of sulfonamides is 1. The summed E-state index contributed by atoms with van der Waals surface area (Å²) in [6.45, 7) is 0.546. The number of anilines is 3. The van der Waals surface area contributed by atoms with E-state index in [-0.39, 0.29) is 62.9 Å². The summed E-state index contributed by atoms with van der Waals surface area (Å²) >= 11 is 4.78. The third kappa shape index (κ3) is 11.5. The monoisotopic (exact) mass is 1020 g/mol. The Kier molecular flexibility index (Phi) is 14.2. The van der Waals surface area contributed by atoms with Crippen molar-refractivity contribution in [2.45, 2.75) is 36.2 Å². The summed E-state index contributed by atoms with van der Waals surface area (Å²) < 4.78 is 30.8. The maximum absolute atomic E-state index is 13.9. The number of hydrogen-bond acceptors (Lipinski definition) is 17. The number of benzene rings is 3. The van der Waals surface area contributed by atoms with Gasteiger partial charge in [0, 0.05) is 59.9 Å². The van der Waals surface area contributed by atoms with Crippen molar-refractivity contribution in [2.24, 2.45) is 0 Å². The molecule has 0 unspecified atom stereocenters. The van der Waals surface area contributed by atoms with E-state index in [1.165, 1.54) is 52.0 Å². The zero-order valence-electron chi connectivity index (χ0n) is 36.3. The van der Waals surface area contributed by atoms with E-state index in [2.05, 4.69) is 50.2 Å². The van der Waals surface area contributed by atoms with Gasteiger partial charge in [-0.3, -0.25) is 28.2 Å². The van der Waals surface area contributed by atoms with Crippen LogP contribution in [0, 0.1) is 0 Å². The smallest absolute Gasteiger partial charge is 0.301 e. The molecule has 0 saturated carbocycles. The number of carbonyl (C=O) groups excluding carboxylic acids is 2. The minimum Gasteiger partial charge on any atom is -0.301 e. The molecule has 9 rings (SSSR count). The maximum Gasteiger partial charge on any atom is 0.346 e. The number of fused-ring (bicyclic) bond motifs is 2. The van der Waals surface area contributed by atoms with E-state index in [0.717, 1.165) is 46.6 Å². The Hall–Kier alpha value is -7.25. The van der Waals surface area contributed by atoms with Crippen molar-refractivity contribution in [1.82, 2.24) is 44.0 Å². The lowest BCUT2D eigenvalue weighted by Gasteiger charge is -2.13. The second-order valence-electron chi connectivity index (χ2n) is 15.1. The molecule has 3 aromatic carbocycles. The van der Waals surface area contributed by atoms with Gasteiger partial charge in [0.05, 0.1) is 17.7 Å². The van der Waals surface area contributed by atoms with E-state index in [0.29, 0.717) is 51.8 Å². The van der Waals surface area contributed by atoms with Gasteiger partial charge in [0.1, 0.15) is 17.6 Å². The molecule has 0 spiro atoms. The number of thiazole rings is 2. The lowest BCUT2D eigenvalue weighted by atomic mass is 10.1. The van der Waals surface area contributed by atoms with Gasteiger partial charge in [0.2, 0.25) is 15.9 Å². The topological polar surface area (TPSA) is 242 Å². The molecular formula is C45H38N13O6S5+. The fourth-order valence-corrected chi connectivity index (χ4v) is 10.7. The second kappa shape index (κ2) is 20.9. The molecule has 0 saturated heterocycles. The number of aromatic nitrogens is 10. The van der Waals surface area contributed by atoms with Crippen LogP contribution in [0.3, 0.4) is 0 Å². The minimum atomic E-state index is -3.47.